The van der Waals surface area contributed by atoms with Gasteiger partial charge in [-0.1, -0.05) is 17.7 Å². The molecule has 15 heavy (non-hydrogen) atoms. The number of fused-ring (bicyclic) bond motifs is 1. The second kappa shape index (κ2) is 4.16. The van der Waals surface area contributed by atoms with Gasteiger partial charge >= 0.3 is 0 Å². The third-order valence-electron chi connectivity index (χ3n) is 2.10. The Labute approximate surface area is 97.1 Å². The van der Waals surface area contributed by atoms with Crippen LogP contribution < -0.4 is 5.32 Å². The molecule has 0 saturated carbocycles. The lowest BCUT2D eigenvalue weighted by Crippen LogP contribution is -2.11. The molecule has 3 nitrogen and oxygen atoms in total. The van der Waals surface area contributed by atoms with Gasteiger partial charge in [0.15, 0.2) is 0 Å². The van der Waals surface area contributed by atoms with Crippen molar-refractivity contribution >= 4 is 40.0 Å². The Morgan fingerprint density at radius 1 is 1.53 bits per heavy atom. The maximum absolute atomic E-state index is 6.10. The summed E-state index contributed by atoms with van der Waals surface area (Å²) in [4.78, 5) is 0. The van der Waals surface area contributed by atoms with Gasteiger partial charge in [0.05, 0.1) is 22.4 Å². The molecule has 1 atom stereocenters. The molecular formula is C10H10ClN3S. The van der Waals surface area contributed by atoms with E-state index in [4.69, 9.17) is 11.6 Å². The molecule has 1 aromatic heterocycles. The van der Waals surface area contributed by atoms with E-state index in [0.717, 1.165) is 16.7 Å². The van der Waals surface area contributed by atoms with E-state index in [1.807, 2.05) is 25.1 Å². The van der Waals surface area contributed by atoms with Crippen LogP contribution in [0.5, 0.6) is 0 Å². The normalized spacial score (nSPS) is 12.7. The van der Waals surface area contributed by atoms with Gasteiger partial charge < -0.3 is 5.32 Å². The van der Waals surface area contributed by atoms with Gasteiger partial charge in [0.1, 0.15) is 11.0 Å². The van der Waals surface area contributed by atoms with Crippen molar-refractivity contribution in [2.75, 3.05) is 5.32 Å². The first-order valence-electron chi connectivity index (χ1n) is 4.52. The lowest BCUT2D eigenvalue weighted by atomic mass is 10.2. The van der Waals surface area contributed by atoms with Crippen LogP contribution in [0.15, 0.2) is 24.8 Å². The lowest BCUT2D eigenvalue weighted by Gasteiger charge is -2.12. The first kappa shape index (κ1) is 10.4. The number of halogens is 1. The van der Waals surface area contributed by atoms with Gasteiger partial charge in [-0.2, -0.15) is 8.75 Å². The Morgan fingerprint density at radius 2 is 2.33 bits per heavy atom. The molecule has 2 aromatic rings. The third kappa shape index (κ3) is 1.96. The van der Waals surface area contributed by atoms with Gasteiger partial charge in [0, 0.05) is 6.04 Å². The summed E-state index contributed by atoms with van der Waals surface area (Å²) >= 11 is 7.29. The predicted molar refractivity (Wildman–Crippen MR) is 65.7 cm³/mol. The Morgan fingerprint density at radius 3 is 3.07 bits per heavy atom. The molecule has 0 aliphatic rings. The molecule has 0 saturated heterocycles. The van der Waals surface area contributed by atoms with Crippen LogP contribution in [0.4, 0.5) is 5.69 Å². The molecular weight excluding hydrogens is 230 g/mol. The zero-order valence-electron chi connectivity index (χ0n) is 8.20. The zero-order chi connectivity index (χ0) is 10.8. The summed E-state index contributed by atoms with van der Waals surface area (Å²) in [5.74, 6) is 0. The SMILES string of the molecule is C=CC(C)Nc1c(Cl)ccc2nsnc12. The number of aromatic nitrogens is 2. The zero-order valence-corrected chi connectivity index (χ0v) is 9.77. The predicted octanol–water partition coefficient (Wildman–Crippen LogP) is 3.33. The van der Waals surface area contributed by atoms with E-state index >= 15 is 0 Å². The van der Waals surface area contributed by atoms with Crippen molar-refractivity contribution in [3.8, 4) is 0 Å². The van der Waals surface area contributed by atoms with E-state index in [9.17, 15) is 0 Å². The van der Waals surface area contributed by atoms with Crippen molar-refractivity contribution in [3.05, 3.63) is 29.8 Å². The first-order chi connectivity index (χ1) is 7.22. The van der Waals surface area contributed by atoms with Crippen LogP contribution >= 0.6 is 23.3 Å². The van der Waals surface area contributed by atoms with Crippen LogP contribution in [0, 0.1) is 0 Å². The average Bonchev–Trinajstić information content (AvgIpc) is 2.70. The maximum atomic E-state index is 6.10. The Kier molecular flexibility index (Phi) is 2.88. The second-order valence-corrected chi connectivity index (χ2v) is 4.16. The Bertz CT molecular complexity index is 494. The second-order valence-electron chi connectivity index (χ2n) is 3.22. The fraction of sp³-hybridized carbons (Fsp3) is 0.200. The molecule has 0 fully saturated rings. The number of hydrogen-bond donors (Lipinski definition) is 1. The van der Waals surface area contributed by atoms with Crippen molar-refractivity contribution in [1.82, 2.24) is 8.75 Å². The van der Waals surface area contributed by atoms with E-state index in [1.54, 1.807) is 0 Å². The fourth-order valence-electron chi connectivity index (χ4n) is 1.25. The summed E-state index contributed by atoms with van der Waals surface area (Å²) in [6.45, 7) is 5.72. The monoisotopic (exact) mass is 239 g/mol. The van der Waals surface area contributed by atoms with Gasteiger partial charge in [0.2, 0.25) is 0 Å². The van der Waals surface area contributed by atoms with Crippen LogP contribution in [-0.2, 0) is 0 Å². The van der Waals surface area contributed by atoms with Crippen LogP contribution in [0.3, 0.4) is 0 Å². The van der Waals surface area contributed by atoms with Gasteiger partial charge in [-0.05, 0) is 19.1 Å². The van der Waals surface area contributed by atoms with Crippen LogP contribution in [0.25, 0.3) is 11.0 Å². The smallest absolute Gasteiger partial charge is 0.129 e. The van der Waals surface area contributed by atoms with E-state index in [2.05, 4.69) is 20.6 Å². The summed E-state index contributed by atoms with van der Waals surface area (Å²) in [5.41, 5.74) is 2.51. The number of anilines is 1. The van der Waals surface area contributed by atoms with E-state index in [1.165, 1.54) is 11.7 Å². The lowest BCUT2D eigenvalue weighted by molar-refractivity contribution is 1.00. The van der Waals surface area contributed by atoms with E-state index in [-0.39, 0.29) is 6.04 Å². The van der Waals surface area contributed by atoms with Crippen molar-refractivity contribution in [3.63, 3.8) is 0 Å². The fourth-order valence-corrected chi connectivity index (χ4v) is 2.00. The molecule has 1 aromatic carbocycles. The third-order valence-corrected chi connectivity index (χ3v) is 2.96. The number of nitrogens with zero attached hydrogens (tertiary/aromatic N) is 2. The highest BCUT2D eigenvalue weighted by molar-refractivity contribution is 7.00. The first-order valence-corrected chi connectivity index (χ1v) is 5.63. The molecule has 1 N–H and O–H groups in total. The van der Waals surface area contributed by atoms with Gasteiger partial charge in [0.25, 0.3) is 0 Å². The minimum absolute atomic E-state index is 0.148. The quantitative estimate of drug-likeness (QED) is 0.835. The van der Waals surface area contributed by atoms with Crippen LogP contribution in [0.2, 0.25) is 5.02 Å². The largest absolute Gasteiger partial charge is 0.376 e. The topological polar surface area (TPSA) is 37.8 Å². The number of benzene rings is 1. The number of nitrogens with one attached hydrogen (secondary N) is 1. The minimum Gasteiger partial charge on any atom is -0.376 e. The molecule has 1 heterocycles. The highest BCUT2D eigenvalue weighted by Gasteiger charge is 2.10. The van der Waals surface area contributed by atoms with Crippen LogP contribution in [0.1, 0.15) is 6.92 Å². The molecule has 0 aliphatic carbocycles. The molecule has 2 rings (SSSR count). The summed E-state index contributed by atoms with van der Waals surface area (Å²) in [6, 6.07) is 3.84. The minimum atomic E-state index is 0.148. The molecule has 0 aliphatic heterocycles. The van der Waals surface area contributed by atoms with Crippen molar-refractivity contribution in [1.29, 1.82) is 0 Å². The maximum Gasteiger partial charge on any atom is 0.129 e. The van der Waals surface area contributed by atoms with Crippen molar-refractivity contribution in [2.24, 2.45) is 0 Å². The van der Waals surface area contributed by atoms with Crippen molar-refractivity contribution in [2.45, 2.75) is 13.0 Å². The molecule has 5 heteroatoms. The Balaban J connectivity index is 2.51. The number of rotatable bonds is 3. The summed E-state index contributed by atoms with van der Waals surface area (Å²) in [5, 5.41) is 3.90. The standard InChI is InChI=1S/C10H10ClN3S/c1-3-6(2)12-9-7(11)4-5-8-10(9)14-15-13-8/h3-6,12H,1H2,2H3. The van der Waals surface area contributed by atoms with Gasteiger partial charge in [-0.3, -0.25) is 0 Å². The highest BCUT2D eigenvalue weighted by atomic mass is 35.5. The van der Waals surface area contributed by atoms with Crippen molar-refractivity contribution < 1.29 is 0 Å². The van der Waals surface area contributed by atoms with E-state index < -0.39 is 0 Å². The summed E-state index contributed by atoms with van der Waals surface area (Å²) in [6.07, 6.45) is 1.81. The van der Waals surface area contributed by atoms with E-state index in [0.29, 0.717) is 5.02 Å². The molecule has 0 bridgehead atoms. The molecule has 0 radical (unpaired) electrons. The highest BCUT2D eigenvalue weighted by Crippen LogP contribution is 2.30. The average molecular weight is 240 g/mol. The molecule has 0 amide bonds. The number of hydrogen-bond acceptors (Lipinski definition) is 4. The summed E-state index contributed by atoms with van der Waals surface area (Å²) in [7, 11) is 0. The van der Waals surface area contributed by atoms with Crippen LogP contribution in [-0.4, -0.2) is 14.8 Å². The summed E-state index contributed by atoms with van der Waals surface area (Å²) < 4.78 is 8.38. The molecule has 1 unspecified atom stereocenters. The molecule has 0 spiro atoms. The van der Waals surface area contributed by atoms with Gasteiger partial charge in [-0.15, -0.1) is 6.58 Å². The van der Waals surface area contributed by atoms with Gasteiger partial charge in [-0.25, -0.2) is 0 Å². The molecule has 78 valence electrons. The Hall–Kier alpha value is -1.13.